The summed E-state index contributed by atoms with van der Waals surface area (Å²) in [5, 5.41) is 18.4. The maximum absolute atomic E-state index is 12.2. The van der Waals surface area contributed by atoms with Gasteiger partial charge in [0.1, 0.15) is 22.9 Å². The summed E-state index contributed by atoms with van der Waals surface area (Å²) < 4.78 is 41.4. The van der Waals surface area contributed by atoms with E-state index in [1.165, 1.54) is 13.0 Å². The molecule has 0 aliphatic rings. The first kappa shape index (κ1) is 15.2. The number of ether oxygens (including phenoxy) is 1. The van der Waals surface area contributed by atoms with E-state index >= 15 is 0 Å². The molecule has 1 N–H and O–H groups in total. The number of hydrogen-bond acceptors (Lipinski definition) is 5. The van der Waals surface area contributed by atoms with Crippen LogP contribution in [0.4, 0.5) is 13.2 Å². The van der Waals surface area contributed by atoms with Gasteiger partial charge in [-0.1, -0.05) is 0 Å². The van der Waals surface area contributed by atoms with Crippen molar-refractivity contribution in [1.29, 1.82) is 5.26 Å². The third-order valence-corrected chi connectivity index (χ3v) is 2.76. The highest BCUT2D eigenvalue weighted by molar-refractivity contribution is 8.00. The average molecular weight is 291 g/mol. The second-order valence-corrected chi connectivity index (χ2v) is 4.32. The zero-order chi connectivity index (χ0) is 14.6. The summed E-state index contributed by atoms with van der Waals surface area (Å²) in [6.07, 6.45) is 0. The second-order valence-electron chi connectivity index (χ2n) is 3.21. The van der Waals surface area contributed by atoms with Gasteiger partial charge < -0.3 is 9.84 Å². The third kappa shape index (κ3) is 3.79. The van der Waals surface area contributed by atoms with Crippen LogP contribution >= 0.6 is 11.8 Å². The lowest BCUT2D eigenvalue weighted by Gasteiger charge is -2.10. The fourth-order valence-electron chi connectivity index (χ4n) is 1.26. The minimum Gasteiger partial charge on any atom is -0.506 e. The van der Waals surface area contributed by atoms with E-state index in [0.717, 1.165) is 12.1 Å². The summed E-state index contributed by atoms with van der Waals surface area (Å²) >= 11 is -0.535. The minimum absolute atomic E-state index is 0.0409. The van der Waals surface area contributed by atoms with Crippen LogP contribution in [0.1, 0.15) is 22.8 Å². The van der Waals surface area contributed by atoms with E-state index in [2.05, 4.69) is 4.74 Å². The highest BCUT2D eigenvalue weighted by Crippen LogP contribution is 2.41. The van der Waals surface area contributed by atoms with Crippen molar-refractivity contribution >= 4 is 17.7 Å². The third-order valence-electron chi connectivity index (χ3n) is 1.97. The molecule has 0 amide bonds. The van der Waals surface area contributed by atoms with Gasteiger partial charge >= 0.3 is 11.5 Å². The van der Waals surface area contributed by atoms with Crippen LogP contribution in [0, 0.1) is 11.3 Å². The van der Waals surface area contributed by atoms with Crippen LogP contribution in [0.5, 0.6) is 5.75 Å². The molecule has 0 saturated heterocycles. The van der Waals surface area contributed by atoms with Gasteiger partial charge in [-0.05, 0) is 30.8 Å². The van der Waals surface area contributed by atoms with Crippen LogP contribution in [-0.2, 0) is 4.74 Å². The zero-order valence-corrected chi connectivity index (χ0v) is 10.4. The van der Waals surface area contributed by atoms with Crippen molar-refractivity contribution in [3.8, 4) is 11.8 Å². The normalized spacial score (nSPS) is 10.9. The Morgan fingerprint density at radius 2 is 2.16 bits per heavy atom. The molecular formula is C11H8F3NO3S. The number of phenols is 1. The highest BCUT2D eigenvalue weighted by Gasteiger charge is 2.32. The number of hydrogen-bond donors (Lipinski definition) is 1. The molecule has 1 aromatic rings. The molecule has 102 valence electrons. The predicted molar refractivity (Wildman–Crippen MR) is 60.7 cm³/mol. The fraction of sp³-hybridized carbons (Fsp3) is 0.273. The first-order chi connectivity index (χ1) is 8.80. The van der Waals surface area contributed by atoms with E-state index in [9.17, 15) is 23.1 Å². The molecule has 1 aromatic carbocycles. The van der Waals surface area contributed by atoms with Crippen molar-refractivity contribution in [1.82, 2.24) is 0 Å². The van der Waals surface area contributed by atoms with Crippen LogP contribution in [0.2, 0.25) is 0 Å². The maximum atomic E-state index is 12.2. The smallest absolute Gasteiger partial charge is 0.446 e. The molecule has 0 aliphatic carbocycles. The molecule has 0 bridgehead atoms. The summed E-state index contributed by atoms with van der Waals surface area (Å²) in [6.45, 7) is 1.58. The van der Waals surface area contributed by atoms with Crippen molar-refractivity contribution in [2.75, 3.05) is 6.61 Å². The lowest BCUT2D eigenvalue weighted by molar-refractivity contribution is -0.0328. The van der Waals surface area contributed by atoms with Gasteiger partial charge in [-0.25, -0.2) is 4.79 Å². The number of nitrogens with zero attached hydrogens (tertiary/aromatic N) is 1. The number of benzene rings is 1. The molecule has 8 heteroatoms. The van der Waals surface area contributed by atoms with Crippen LogP contribution in [0.25, 0.3) is 0 Å². The first-order valence-electron chi connectivity index (χ1n) is 4.99. The van der Waals surface area contributed by atoms with E-state index in [4.69, 9.17) is 5.26 Å². The number of carbonyl (C=O) groups is 1. The topological polar surface area (TPSA) is 70.3 Å². The van der Waals surface area contributed by atoms with Crippen LogP contribution in [-0.4, -0.2) is 23.2 Å². The van der Waals surface area contributed by atoms with Crippen molar-refractivity contribution in [3.63, 3.8) is 0 Å². The van der Waals surface area contributed by atoms with E-state index in [0.29, 0.717) is 0 Å². The van der Waals surface area contributed by atoms with Gasteiger partial charge in [-0.2, -0.15) is 18.4 Å². The number of alkyl halides is 3. The minimum atomic E-state index is -4.59. The van der Waals surface area contributed by atoms with Gasteiger partial charge in [0.05, 0.1) is 6.61 Å². The van der Waals surface area contributed by atoms with E-state index in [1.54, 1.807) is 0 Å². The van der Waals surface area contributed by atoms with Gasteiger partial charge in [0, 0.05) is 4.90 Å². The number of nitriles is 1. The molecule has 19 heavy (non-hydrogen) atoms. The van der Waals surface area contributed by atoms with Crippen molar-refractivity contribution < 1.29 is 27.8 Å². The second kappa shape index (κ2) is 5.84. The number of phenolic OH excluding ortho intramolecular Hbond substituents is 1. The van der Waals surface area contributed by atoms with E-state index < -0.39 is 39.4 Å². The first-order valence-corrected chi connectivity index (χ1v) is 5.80. The molecule has 0 heterocycles. The number of halogens is 3. The summed E-state index contributed by atoms with van der Waals surface area (Å²) in [5.41, 5.74) is -5.54. The molecule has 1 rings (SSSR count). The van der Waals surface area contributed by atoms with Gasteiger partial charge in [0.15, 0.2) is 0 Å². The Morgan fingerprint density at radius 1 is 1.53 bits per heavy atom. The summed E-state index contributed by atoms with van der Waals surface area (Å²) in [7, 11) is 0. The number of thioether (sulfide) groups is 1. The predicted octanol–water partition coefficient (Wildman–Crippen LogP) is 3.05. The molecule has 0 radical (unpaired) electrons. The van der Waals surface area contributed by atoms with Crippen molar-refractivity contribution in [3.05, 3.63) is 23.3 Å². The fourth-order valence-corrected chi connectivity index (χ4v) is 1.89. The van der Waals surface area contributed by atoms with Crippen LogP contribution in [0.3, 0.4) is 0 Å². The van der Waals surface area contributed by atoms with Crippen molar-refractivity contribution in [2.45, 2.75) is 17.3 Å². The molecule has 0 unspecified atom stereocenters. The van der Waals surface area contributed by atoms with Crippen LogP contribution < -0.4 is 0 Å². The molecule has 0 atom stereocenters. The molecule has 0 spiro atoms. The Kier molecular flexibility index (Phi) is 4.67. The van der Waals surface area contributed by atoms with E-state index in [-0.39, 0.29) is 12.2 Å². The van der Waals surface area contributed by atoms with Gasteiger partial charge in [-0.15, -0.1) is 0 Å². The van der Waals surface area contributed by atoms with Gasteiger partial charge in [0.25, 0.3) is 0 Å². The van der Waals surface area contributed by atoms with Gasteiger partial charge in [-0.3, -0.25) is 0 Å². The number of carbonyl (C=O) groups excluding carboxylic acids is 1. The molecule has 0 aliphatic heterocycles. The van der Waals surface area contributed by atoms with Crippen LogP contribution in [0.15, 0.2) is 17.0 Å². The molecule has 0 aromatic heterocycles. The highest BCUT2D eigenvalue weighted by atomic mass is 32.2. The summed E-state index contributed by atoms with van der Waals surface area (Å²) in [5.74, 6) is -1.71. The van der Waals surface area contributed by atoms with Crippen molar-refractivity contribution in [2.24, 2.45) is 0 Å². The molecule has 4 nitrogen and oxygen atoms in total. The SMILES string of the molecule is CCOC(=O)c1ccc(SC(F)(F)F)c(C#N)c1O. The standard InChI is InChI=1S/C11H8F3NO3S/c1-2-18-10(17)6-3-4-8(19-11(12,13)14)7(5-15)9(6)16/h3-4,16H,2H2,1H3. The molecule has 0 saturated carbocycles. The van der Waals surface area contributed by atoms with E-state index in [1.807, 2.05) is 0 Å². The lowest BCUT2D eigenvalue weighted by atomic mass is 10.1. The number of esters is 1. The van der Waals surface area contributed by atoms with Gasteiger partial charge in [0.2, 0.25) is 0 Å². The Morgan fingerprint density at radius 3 is 2.63 bits per heavy atom. The number of aromatic hydroxyl groups is 1. The number of rotatable bonds is 3. The Balaban J connectivity index is 3.24. The summed E-state index contributed by atoms with van der Waals surface area (Å²) in [4.78, 5) is 10.9. The Labute approximate surface area is 110 Å². The average Bonchev–Trinajstić information content (AvgIpc) is 2.27. The molecule has 0 fully saturated rings. The lowest BCUT2D eigenvalue weighted by Crippen LogP contribution is -2.07. The Bertz CT molecular complexity index is 537. The summed E-state index contributed by atoms with van der Waals surface area (Å²) in [6, 6.07) is 3.38. The largest absolute Gasteiger partial charge is 0.506 e. The maximum Gasteiger partial charge on any atom is 0.446 e. The molecular weight excluding hydrogens is 283 g/mol. The zero-order valence-electron chi connectivity index (χ0n) is 9.61. The monoisotopic (exact) mass is 291 g/mol. The quantitative estimate of drug-likeness (QED) is 0.684. The Hall–Kier alpha value is -1.88.